The van der Waals surface area contributed by atoms with Gasteiger partial charge in [-0.2, -0.15) is 5.26 Å². The highest BCUT2D eigenvalue weighted by atomic mass is 16.5. The van der Waals surface area contributed by atoms with Crippen molar-refractivity contribution < 1.29 is 14.6 Å². The average molecular weight is 259 g/mol. The van der Waals surface area contributed by atoms with Gasteiger partial charge in [0, 0.05) is 25.0 Å². The molecule has 2 aliphatic rings. The summed E-state index contributed by atoms with van der Waals surface area (Å²) in [5.74, 6) is 0.697. The maximum absolute atomic E-state index is 11.1. The Hall–Kier alpha value is -1.57. The number of ether oxygens (including phenoxy) is 2. The Morgan fingerprint density at radius 1 is 1.32 bits per heavy atom. The minimum atomic E-state index is -1.15. The van der Waals surface area contributed by atoms with Crippen LogP contribution in [0.15, 0.2) is 24.3 Å². The van der Waals surface area contributed by atoms with Crippen LogP contribution in [-0.2, 0) is 10.2 Å². The van der Waals surface area contributed by atoms with Crippen molar-refractivity contribution in [3.05, 3.63) is 29.8 Å². The first-order chi connectivity index (χ1) is 9.14. The summed E-state index contributed by atoms with van der Waals surface area (Å²) in [6.07, 6.45) is 0.624. The van der Waals surface area contributed by atoms with Crippen LogP contribution in [0.2, 0.25) is 0 Å². The molecule has 1 aromatic carbocycles. The van der Waals surface area contributed by atoms with Crippen LogP contribution in [0, 0.1) is 11.3 Å². The van der Waals surface area contributed by atoms with Crippen LogP contribution in [0.25, 0.3) is 0 Å². The van der Waals surface area contributed by atoms with Gasteiger partial charge >= 0.3 is 0 Å². The second kappa shape index (κ2) is 4.22. The molecule has 0 radical (unpaired) electrons. The number of hydrogen-bond donors (Lipinski definition) is 1. The quantitative estimate of drug-likeness (QED) is 0.835. The summed E-state index contributed by atoms with van der Waals surface area (Å²) in [5.41, 5.74) is -1.32. The number of hydrogen-bond acceptors (Lipinski definition) is 4. The van der Waals surface area contributed by atoms with Crippen molar-refractivity contribution in [2.75, 3.05) is 13.2 Å². The number of para-hydroxylation sites is 1. The number of nitrogens with zero attached hydrogens (tertiary/aromatic N) is 1. The van der Waals surface area contributed by atoms with Gasteiger partial charge in [-0.25, -0.2) is 0 Å². The molecule has 0 spiro atoms. The van der Waals surface area contributed by atoms with E-state index in [1.807, 2.05) is 31.2 Å². The second-order valence-corrected chi connectivity index (χ2v) is 5.30. The smallest absolute Gasteiger partial charge is 0.124 e. The van der Waals surface area contributed by atoms with Crippen molar-refractivity contribution in [3.63, 3.8) is 0 Å². The summed E-state index contributed by atoms with van der Waals surface area (Å²) < 4.78 is 11.1. The molecule has 4 heteroatoms. The largest absolute Gasteiger partial charge is 0.493 e. The minimum Gasteiger partial charge on any atom is -0.493 e. The van der Waals surface area contributed by atoms with Gasteiger partial charge in [-0.3, -0.25) is 0 Å². The molecule has 0 bridgehead atoms. The van der Waals surface area contributed by atoms with Crippen LogP contribution in [0.5, 0.6) is 5.75 Å². The number of benzene rings is 1. The molecule has 1 aromatic rings. The van der Waals surface area contributed by atoms with E-state index in [2.05, 4.69) is 6.07 Å². The van der Waals surface area contributed by atoms with E-state index in [1.54, 1.807) is 0 Å². The second-order valence-electron chi connectivity index (χ2n) is 5.30. The molecule has 3 rings (SSSR count). The van der Waals surface area contributed by atoms with Crippen LogP contribution in [-0.4, -0.2) is 30.0 Å². The fraction of sp³-hybridized carbons (Fsp3) is 0.533. The molecular formula is C15H17NO3. The molecule has 100 valence electrons. The van der Waals surface area contributed by atoms with E-state index in [9.17, 15) is 10.4 Å². The van der Waals surface area contributed by atoms with Crippen molar-refractivity contribution in [1.29, 1.82) is 5.26 Å². The SMILES string of the molecule is CC1OCCC1(O)C1(C#N)CCOc2ccccc21. The van der Waals surface area contributed by atoms with Crippen molar-refractivity contribution >= 4 is 0 Å². The number of aliphatic hydroxyl groups is 1. The summed E-state index contributed by atoms with van der Waals surface area (Å²) in [6, 6.07) is 9.86. The van der Waals surface area contributed by atoms with Gasteiger partial charge in [0.1, 0.15) is 16.8 Å². The van der Waals surface area contributed by atoms with Gasteiger partial charge < -0.3 is 14.6 Å². The molecular weight excluding hydrogens is 242 g/mol. The van der Waals surface area contributed by atoms with Crippen molar-refractivity contribution in [2.24, 2.45) is 0 Å². The van der Waals surface area contributed by atoms with Crippen molar-refractivity contribution in [3.8, 4) is 11.8 Å². The maximum atomic E-state index is 11.1. The fourth-order valence-electron chi connectivity index (χ4n) is 3.35. The zero-order valence-corrected chi connectivity index (χ0v) is 10.9. The highest BCUT2D eigenvalue weighted by Crippen LogP contribution is 2.50. The number of rotatable bonds is 1. The van der Waals surface area contributed by atoms with E-state index in [0.717, 1.165) is 5.56 Å². The molecule has 2 heterocycles. The highest BCUT2D eigenvalue weighted by molar-refractivity contribution is 5.49. The molecule has 0 amide bonds. The standard InChI is InChI=1S/C15H17NO3/c1-11-15(17,7-9-18-11)14(10-16)6-8-19-13-5-3-2-4-12(13)14/h2-5,11,17H,6-9H2,1H3. The molecule has 2 aliphatic heterocycles. The van der Waals surface area contributed by atoms with Gasteiger partial charge in [-0.1, -0.05) is 18.2 Å². The molecule has 1 fully saturated rings. The Morgan fingerprint density at radius 3 is 2.79 bits per heavy atom. The van der Waals surface area contributed by atoms with Crippen LogP contribution in [0.3, 0.4) is 0 Å². The molecule has 1 saturated heterocycles. The first-order valence-electron chi connectivity index (χ1n) is 6.61. The third-order valence-corrected chi connectivity index (χ3v) is 4.53. The van der Waals surface area contributed by atoms with Crippen LogP contribution in [0.4, 0.5) is 0 Å². The predicted molar refractivity (Wildman–Crippen MR) is 68.8 cm³/mol. The van der Waals surface area contributed by atoms with Gasteiger partial charge in [-0.05, 0) is 13.0 Å². The highest BCUT2D eigenvalue weighted by Gasteiger charge is 2.59. The molecule has 3 unspecified atom stereocenters. The summed E-state index contributed by atoms with van der Waals surface area (Å²) in [6.45, 7) is 2.77. The maximum Gasteiger partial charge on any atom is 0.124 e. The Balaban J connectivity index is 2.19. The summed E-state index contributed by atoms with van der Waals surface area (Å²) in [7, 11) is 0. The van der Waals surface area contributed by atoms with Gasteiger partial charge in [0.15, 0.2) is 0 Å². The van der Waals surface area contributed by atoms with E-state index < -0.39 is 11.0 Å². The normalized spacial score (nSPS) is 37.2. The Bertz CT molecular complexity index is 538. The van der Waals surface area contributed by atoms with Gasteiger partial charge in [0.25, 0.3) is 0 Å². The molecule has 4 nitrogen and oxygen atoms in total. The Kier molecular flexibility index (Phi) is 2.77. The summed E-state index contributed by atoms with van der Waals surface area (Å²) >= 11 is 0. The Labute approximate surface area is 112 Å². The van der Waals surface area contributed by atoms with E-state index in [4.69, 9.17) is 9.47 Å². The first kappa shape index (κ1) is 12.5. The zero-order valence-electron chi connectivity index (χ0n) is 10.9. The molecule has 3 atom stereocenters. The average Bonchev–Trinajstić information content (AvgIpc) is 2.79. The van der Waals surface area contributed by atoms with Crippen molar-refractivity contribution in [2.45, 2.75) is 36.9 Å². The number of fused-ring (bicyclic) bond motifs is 1. The zero-order chi connectivity index (χ0) is 13.5. The van der Waals surface area contributed by atoms with E-state index in [1.165, 1.54) is 0 Å². The molecule has 0 saturated carbocycles. The lowest BCUT2D eigenvalue weighted by Crippen LogP contribution is -2.57. The van der Waals surface area contributed by atoms with Gasteiger partial charge in [0.05, 0.1) is 18.8 Å². The van der Waals surface area contributed by atoms with Crippen LogP contribution < -0.4 is 4.74 Å². The lowest BCUT2D eigenvalue weighted by molar-refractivity contribution is -0.0775. The van der Waals surface area contributed by atoms with Crippen LogP contribution in [0.1, 0.15) is 25.3 Å². The lowest BCUT2D eigenvalue weighted by atomic mass is 9.62. The third kappa shape index (κ3) is 1.52. The minimum absolute atomic E-state index is 0.349. The van der Waals surface area contributed by atoms with E-state index in [0.29, 0.717) is 31.8 Å². The van der Waals surface area contributed by atoms with Crippen molar-refractivity contribution in [1.82, 2.24) is 0 Å². The summed E-state index contributed by atoms with van der Waals surface area (Å²) in [4.78, 5) is 0. The monoisotopic (exact) mass is 259 g/mol. The van der Waals surface area contributed by atoms with E-state index in [-0.39, 0.29) is 6.10 Å². The first-order valence-corrected chi connectivity index (χ1v) is 6.61. The predicted octanol–water partition coefficient (Wildman–Crippen LogP) is 1.77. The Morgan fingerprint density at radius 2 is 2.11 bits per heavy atom. The molecule has 0 aromatic heterocycles. The molecule has 19 heavy (non-hydrogen) atoms. The summed E-state index contributed by atoms with van der Waals surface area (Å²) in [5, 5.41) is 20.9. The number of nitriles is 1. The van der Waals surface area contributed by atoms with Crippen LogP contribution >= 0.6 is 0 Å². The molecule has 1 N–H and O–H groups in total. The lowest BCUT2D eigenvalue weighted by Gasteiger charge is -2.44. The van der Waals surface area contributed by atoms with Gasteiger partial charge in [-0.15, -0.1) is 0 Å². The topological polar surface area (TPSA) is 62.5 Å². The third-order valence-electron chi connectivity index (χ3n) is 4.53. The molecule has 0 aliphatic carbocycles. The van der Waals surface area contributed by atoms with E-state index >= 15 is 0 Å². The fourth-order valence-corrected chi connectivity index (χ4v) is 3.35. The van der Waals surface area contributed by atoms with Gasteiger partial charge in [0.2, 0.25) is 0 Å².